The molecule has 30 heavy (non-hydrogen) atoms. The van der Waals surface area contributed by atoms with Crippen molar-refractivity contribution in [3.05, 3.63) is 65.0 Å². The average Bonchev–Trinajstić information content (AvgIpc) is 3.28. The summed E-state index contributed by atoms with van der Waals surface area (Å²) in [7, 11) is 3.97. The number of hydrogen-bond donors (Lipinski definition) is 1. The molecule has 1 aromatic carbocycles. The molecule has 6 nitrogen and oxygen atoms in total. The molecule has 0 radical (unpaired) electrons. The van der Waals surface area contributed by atoms with Gasteiger partial charge >= 0.3 is 0 Å². The normalized spacial score (nSPS) is 11.3. The number of guanidine groups is 1. The predicted molar refractivity (Wildman–Crippen MR) is 129 cm³/mol. The second kappa shape index (κ2) is 11.4. The molecule has 0 aliphatic rings. The highest BCUT2D eigenvalue weighted by molar-refractivity contribution is 14.0. The van der Waals surface area contributed by atoms with Gasteiger partial charge in [-0.25, -0.2) is 9.37 Å². The third-order valence-corrected chi connectivity index (χ3v) is 4.65. The molecule has 0 saturated heterocycles. The Hall–Kier alpha value is -2.07. The van der Waals surface area contributed by atoms with E-state index in [2.05, 4.69) is 15.2 Å². The SMILES string of the molecule is CCNC(=NCCc1coc(-c2ccc(F)cc2)n1)N(C)Cc1cc(Cl)cn1C.I. The molecular weight excluding hydrogens is 520 g/mol. The first kappa shape index (κ1) is 24.2. The number of benzene rings is 1. The van der Waals surface area contributed by atoms with E-state index in [0.717, 1.165) is 34.5 Å². The van der Waals surface area contributed by atoms with E-state index in [9.17, 15) is 4.39 Å². The molecule has 9 heteroatoms. The number of aliphatic imine (C=N–C) groups is 1. The van der Waals surface area contributed by atoms with Gasteiger partial charge in [0.25, 0.3) is 0 Å². The summed E-state index contributed by atoms with van der Waals surface area (Å²) in [6.45, 7) is 4.06. The summed E-state index contributed by atoms with van der Waals surface area (Å²) in [4.78, 5) is 11.2. The minimum atomic E-state index is -0.285. The first-order chi connectivity index (χ1) is 14.0. The predicted octanol–water partition coefficient (Wildman–Crippen LogP) is 4.73. The molecule has 2 heterocycles. The van der Waals surface area contributed by atoms with Crippen LogP contribution in [0.5, 0.6) is 0 Å². The van der Waals surface area contributed by atoms with E-state index in [-0.39, 0.29) is 29.8 Å². The third kappa shape index (κ3) is 6.46. The van der Waals surface area contributed by atoms with Crippen molar-refractivity contribution in [2.75, 3.05) is 20.1 Å². The van der Waals surface area contributed by atoms with Gasteiger partial charge in [0.2, 0.25) is 5.89 Å². The topological polar surface area (TPSA) is 58.6 Å². The van der Waals surface area contributed by atoms with Crippen molar-refractivity contribution in [1.29, 1.82) is 0 Å². The van der Waals surface area contributed by atoms with Gasteiger partial charge in [0.05, 0.1) is 17.3 Å². The lowest BCUT2D eigenvalue weighted by Crippen LogP contribution is -2.39. The molecule has 0 aliphatic heterocycles. The average molecular weight is 546 g/mol. The lowest BCUT2D eigenvalue weighted by Gasteiger charge is -2.22. The molecule has 3 rings (SSSR count). The highest BCUT2D eigenvalue weighted by atomic mass is 127. The summed E-state index contributed by atoms with van der Waals surface area (Å²) in [5, 5.41) is 4.03. The molecule has 162 valence electrons. The van der Waals surface area contributed by atoms with Gasteiger partial charge in [0.15, 0.2) is 5.96 Å². The second-order valence-electron chi connectivity index (χ2n) is 6.75. The lowest BCUT2D eigenvalue weighted by molar-refractivity contribution is 0.462. The Labute approximate surface area is 198 Å². The molecular formula is C21H26ClFIN5O. The monoisotopic (exact) mass is 545 g/mol. The van der Waals surface area contributed by atoms with Crippen LogP contribution in [0.2, 0.25) is 5.02 Å². The Kier molecular flexibility index (Phi) is 9.16. The highest BCUT2D eigenvalue weighted by Crippen LogP contribution is 2.19. The fourth-order valence-electron chi connectivity index (χ4n) is 2.93. The van der Waals surface area contributed by atoms with Gasteiger partial charge in [-0.2, -0.15) is 0 Å². The summed E-state index contributed by atoms with van der Waals surface area (Å²) in [6, 6.07) is 8.03. The van der Waals surface area contributed by atoms with E-state index in [0.29, 0.717) is 25.4 Å². The Morgan fingerprint density at radius 1 is 1.33 bits per heavy atom. The third-order valence-electron chi connectivity index (χ3n) is 4.44. The summed E-state index contributed by atoms with van der Waals surface area (Å²) >= 11 is 6.08. The first-order valence-electron chi connectivity index (χ1n) is 9.46. The Morgan fingerprint density at radius 3 is 2.70 bits per heavy atom. The highest BCUT2D eigenvalue weighted by Gasteiger charge is 2.11. The minimum absolute atomic E-state index is 0. The van der Waals surface area contributed by atoms with Gasteiger partial charge in [-0.15, -0.1) is 24.0 Å². The molecule has 0 amide bonds. The largest absolute Gasteiger partial charge is 0.444 e. The molecule has 0 aliphatic carbocycles. The number of halogens is 3. The Bertz CT molecular complexity index is 970. The summed E-state index contributed by atoms with van der Waals surface area (Å²) < 4.78 is 20.6. The zero-order chi connectivity index (χ0) is 20.8. The van der Waals surface area contributed by atoms with E-state index in [1.165, 1.54) is 12.1 Å². The maximum Gasteiger partial charge on any atom is 0.226 e. The van der Waals surface area contributed by atoms with Crippen molar-refractivity contribution >= 4 is 41.5 Å². The number of nitrogens with zero attached hydrogens (tertiary/aromatic N) is 4. The number of aromatic nitrogens is 2. The Balaban J connectivity index is 0.00000320. The number of aryl methyl sites for hydroxylation is 1. The van der Waals surface area contributed by atoms with E-state index in [1.807, 2.05) is 37.8 Å². The molecule has 3 aromatic rings. The van der Waals surface area contributed by atoms with E-state index < -0.39 is 0 Å². The number of oxazole rings is 1. The smallest absolute Gasteiger partial charge is 0.226 e. The summed E-state index contributed by atoms with van der Waals surface area (Å²) in [5.74, 6) is 1.01. The summed E-state index contributed by atoms with van der Waals surface area (Å²) in [6.07, 6.45) is 4.15. The van der Waals surface area contributed by atoms with Crippen LogP contribution in [0.3, 0.4) is 0 Å². The van der Waals surface area contributed by atoms with Gasteiger partial charge in [0.1, 0.15) is 12.1 Å². The van der Waals surface area contributed by atoms with E-state index in [1.54, 1.807) is 18.4 Å². The van der Waals surface area contributed by atoms with Crippen LogP contribution >= 0.6 is 35.6 Å². The molecule has 0 fully saturated rings. The van der Waals surface area contributed by atoms with Crippen LogP contribution in [0.1, 0.15) is 18.3 Å². The summed E-state index contributed by atoms with van der Waals surface area (Å²) in [5.41, 5.74) is 2.65. The van der Waals surface area contributed by atoms with Crippen LogP contribution in [0.4, 0.5) is 4.39 Å². The van der Waals surface area contributed by atoms with Gasteiger partial charge < -0.3 is 19.2 Å². The first-order valence-corrected chi connectivity index (χ1v) is 9.84. The molecule has 0 bridgehead atoms. The fourth-order valence-corrected chi connectivity index (χ4v) is 3.21. The maximum absolute atomic E-state index is 13.1. The van der Waals surface area contributed by atoms with Crippen molar-refractivity contribution in [2.45, 2.75) is 19.9 Å². The molecule has 0 unspecified atom stereocenters. The van der Waals surface area contributed by atoms with Crippen molar-refractivity contribution in [3.8, 4) is 11.5 Å². The van der Waals surface area contributed by atoms with E-state index in [4.69, 9.17) is 21.0 Å². The molecule has 0 atom stereocenters. The van der Waals surface area contributed by atoms with E-state index >= 15 is 0 Å². The van der Waals surface area contributed by atoms with Gasteiger partial charge in [-0.1, -0.05) is 11.6 Å². The van der Waals surface area contributed by atoms with Gasteiger partial charge in [0, 0.05) is 51.1 Å². The molecule has 0 spiro atoms. The van der Waals surface area contributed by atoms with Crippen LogP contribution in [0.25, 0.3) is 11.5 Å². The van der Waals surface area contributed by atoms with Crippen molar-refractivity contribution in [2.24, 2.45) is 12.0 Å². The molecule has 2 aromatic heterocycles. The quantitative estimate of drug-likeness (QED) is 0.265. The van der Waals surface area contributed by atoms with Gasteiger partial charge in [-0.3, -0.25) is 4.99 Å². The van der Waals surface area contributed by atoms with Crippen molar-refractivity contribution in [3.63, 3.8) is 0 Å². The minimum Gasteiger partial charge on any atom is -0.444 e. The molecule has 1 N–H and O–H groups in total. The Morgan fingerprint density at radius 2 is 2.07 bits per heavy atom. The van der Waals surface area contributed by atoms with Crippen molar-refractivity contribution < 1.29 is 8.81 Å². The number of nitrogens with one attached hydrogen (secondary N) is 1. The zero-order valence-corrected chi connectivity index (χ0v) is 20.3. The van der Waals surface area contributed by atoms with Gasteiger partial charge in [-0.05, 0) is 37.3 Å². The lowest BCUT2D eigenvalue weighted by atomic mass is 10.2. The fraction of sp³-hybridized carbons (Fsp3) is 0.333. The number of hydrogen-bond acceptors (Lipinski definition) is 3. The van der Waals surface area contributed by atoms with Crippen LogP contribution in [0, 0.1) is 5.82 Å². The van der Waals surface area contributed by atoms with Crippen LogP contribution in [0.15, 0.2) is 52.2 Å². The zero-order valence-electron chi connectivity index (χ0n) is 17.2. The van der Waals surface area contributed by atoms with Crippen LogP contribution < -0.4 is 5.32 Å². The second-order valence-corrected chi connectivity index (χ2v) is 7.19. The van der Waals surface area contributed by atoms with Crippen molar-refractivity contribution in [1.82, 2.24) is 19.8 Å². The van der Waals surface area contributed by atoms with Crippen LogP contribution in [-0.2, 0) is 20.0 Å². The standard InChI is InChI=1S/C21H25ClFN5O.HI/c1-4-24-21(28(3)13-19-11-16(22)12-27(19)2)25-10-9-18-14-29-20(26-18)15-5-7-17(23)8-6-15;/h5-8,11-12,14H,4,9-10,13H2,1-3H3,(H,24,25);1H. The van der Waals surface area contributed by atoms with Crippen LogP contribution in [-0.4, -0.2) is 40.5 Å². The maximum atomic E-state index is 13.1. The number of rotatable bonds is 7. The molecule has 0 saturated carbocycles.